The van der Waals surface area contributed by atoms with Gasteiger partial charge in [0.05, 0.1) is 6.54 Å². The lowest BCUT2D eigenvalue weighted by molar-refractivity contribution is -0.139. The normalized spacial score (nSPS) is 10.9. The number of carboxylic acid groups (broad SMARTS) is 1. The van der Waals surface area contributed by atoms with E-state index >= 15 is 0 Å². The number of hydrogen-bond acceptors (Lipinski definition) is 4. The highest BCUT2D eigenvalue weighted by molar-refractivity contribution is 5.92. The molecule has 0 unspecified atom stereocenters. The van der Waals surface area contributed by atoms with Gasteiger partial charge in [0.15, 0.2) is 6.61 Å². The molecule has 0 spiro atoms. The molecular weight excluding hydrogens is 260 g/mol. The monoisotopic (exact) mass is 280 g/mol. The summed E-state index contributed by atoms with van der Waals surface area (Å²) in [6.45, 7) is 5.70. The predicted octanol–water partition coefficient (Wildman–Crippen LogP) is 1.48. The van der Waals surface area contributed by atoms with E-state index in [1.807, 2.05) is 20.8 Å². The largest absolute Gasteiger partial charge is 0.482 e. The van der Waals surface area contributed by atoms with Gasteiger partial charge in [0.2, 0.25) is 5.91 Å². The van der Waals surface area contributed by atoms with E-state index in [9.17, 15) is 9.59 Å². The Morgan fingerprint density at radius 1 is 1.30 bits per heavy atom. The van der Waals surface area contributed by atoms with Gasteiger partial charge in [-0.2, -0.15) is 0 Å². The number of rotatable bonds is 6. The summed E-state index contributed by atoms with van der Waals surface area (Å²) >= 11 is 0. The lowest BCUT2D eigenvalue weighted by atomic mass is 10.1. The lowest BCUT2D eigenvalue weighted by Gasteiger charge is -2.20. The van der Waals surface area contributed by atoms with Crippen molar-refractivity contribution in [3.63, 3.8) is 0 Å². The summed E-state index contributed by atoms with van der Waals surface area (Å²) in [4.78, 5) is 22.1. The van der Waals surface area contributed by atoms with Crippen molar-refractivity contribution in [2.24, 2.45) is 0 Å². The first-order chi connectivity index (χ1) is 9.26. The second-order valence-electron chi connectivity index (χ2n) is 5.36. The van der Waals surface area contributed by atoms with E-state index in [2.05, 4.69) is 10.6 Å². The molecule has 0 bridgehead atoms. The fraction of sp³-hybridized carbons (Fsp3) is 0.429. The van der Waals surface area contributed by atoms with E-state index in [0.29, 0.717) is 11.4 Å². The summed E-state index contributed by atoms with van der Waals surface area (Å²) in [5.41, 5.74) is 0.428. The number of aliphatic carboxylic acids is 1. The van der Waals surface area contributed by atoms with E-state index in [-0.39, 0.29) is 18.0 Å². The van der Waals surface area contributed by atoms with E-state index in [1.165, 1.54) is 0 Å². The van der Waals surface area contributed by atoms with Gasteiger partial charge in [-0.25, -0.2) is 4.79 Å². The van der Waals surface area contributed by atoms with Crippen LogP contribution in [0.3, 0.4) is 0 Å². The summed E-state index contributed by atoms with van der Waals surface area (Å²) in [7, 11) is 0. The average molecular weight is 280 g/mol. The van der Waals surface area contributed by atoms with Crippen molar-refractivity contribution in [2.45, 2.75) is 26.3 Å². The summed E-state index contributed by atoms with van der Waals surface area (Å²) in [6, 6.07) is 6.61. The van der Waals surface area contributed by atoms with Crippen LogP contribution in [0, 0.1) is 0 Å². The van der Waals surface area contributed by atoms with E-state index in [4.69, 9.17) is 9.84 Å². The van der Waals surface area contributed by atoms with Crippen LogP contribution >= 0.6 is 0 Å². The molecule has 1 amide bonds. The lowest BCUT2D eigenvalue weighted by Crippen LogP contribution is -2.41. The molecule has 0 aliphatic carbocycles. The van der Waals surface area contributed by atoms with Crippen LogP contribution in [-0.2, 0) is 9.59 Å². The standard InChI is InChI=1S/C14H20N2O4/c1-14(2,3)15-8-12(17)16-10-5-4-6-11(7-10)20-9-13(18)19/h4-7,15H,8-9H2,1-3H3,(H,16,17)(H,18,19). The Bertz CT molecular complexity index is 480. The highest BCUT2D eigenvalue weighted by atomic mass is 16.5. The quantitative estimate of drug-likeness (QED) is 0.734. The molecular formula is C14H20N2O4. The first-order valence-corrected chi connectivity index (χ1v) is 6.26. The van der Waals surface area contributed by atoms with Crippen LogP contribution < -0.4 is 15.4 Å². The Labute approximate surface area is 118 Å². The highest BCUT2D eigenvalue weighted by Crippen LogP contribution is 2.17. The van der Waals surface area contributed by atoms with Crippen molar-refractivity contribution >= 4 is 17.6 Å². The zero-order chi connectivity index (χ0) is 15.2. The highest BCUT2D eigenvalue weighted by Gasteiger charge is 2.11. The Morgan fingerprint density at radius 3 is 2.60 bits per heavy atom. The minimum atomic E-state index is -1.05. The van der Waals surface area contributed by atoms with E-state index in [0.717, 1.165) is 0 Å². The molecule has 0 fully saturated rings. The van der Waals surface area contributed by atoms with Crippen molar-refractivity contribution in [2.75, 3.05) is 18.5 Å². The number of carbonyl (C=O) groups excluding carboxylic acids is 1. The van der Waals surface area contributed by atoms with E-state index in [1.54, 1.807) is 24.3 Å². The maximum Gasteiger partial charge on any atom is 0.341 e. The summed E-state index contributed by atoms with van der Waals surface area (Å²) < 4.78 is 5.04. The maximum absolute atomic E-state index is 11.7. The Morgan fingerprint density at radius 2 is 2.00 bits per heavy atom. The molecule has 0 atom stereocenters. The molecule has 1 rings (SSSR count). The second kappa shape index (κ2) is 6.91. The molecule has 0 radical (unpaired) electrons. The first kappa shape index (κ1) is 16.0. The SMILES string of the molecule is CC(C)(C)NCC(=O)Nc1cccc(OCC(=O)O)c1. The molecule has 0 aliphatic heterocycles. The fourth-order valence-electron chi connectivity index (χ4n) is 1.36. The minimum Gasteiger partial charge on any atom is -0.482 e. The number of carbonyl (C=O) groups is 2. The number of nitrogens with one attached hydrogen (secondary N) is 2. The van der Waals surface area contributed by atoms with Crippen LogP contribution in [-0.4, -0.2) is 35.7 Å². The van der Waals surface area contributed by atoms with E-state index < -0.39 is 12.6 Å². The molecule has 6 heteroatoms. The first-order valence-electron chi connectivity index (χ1n) is 6.26. The number of benzene rings is 1. The topological polar surface area (TPSA) is 87.7 Å². The molecule has 3 N–H and O–H groups in total. The predicted molar refractivity (Wildman–Crippen MR) is 76.0 cm³/mol. The van der Waals surface area contributed by atoms with Crippen LogP contribution in [0.15, 0.2) is 24.3 Å². The van der Waals surface area contributed by atoms with Crippen LogP contribution in [0.4, 0.5) is 5.69 Å². The second-order valence-corrected chi connectivity index (χ2v) is 5.36. The van der Waals surface area contributed by atoms with Gasteiger partial charge < -0.3 is 20.5 Å². The number of hydrogen-bond donors (Lipinski definition) is 3. The van der Waals surface area contributed by atoms with Crippen LogP contribution in [0.25, 0.3) is 0 Å². The average Bonchev–Trinajstić information content (AvgIpc) is 2.34. The van der Waals surface area contributed by atoms with Gasteiger partial charge in [-0.1, -0.05) is 6.07 Å². The summed E-state index contributed by atoms with van der Waals surface area (Å²) in [6.07, 6.45) is 0. The van der Waals surface area contributed by atoms with Gasteiger partial charge in [-0.05, 0) is 32.9 Å². The van der Waals surface area contributed by atoms with Crippen LogP contribution in [0.2, 0.25) is 0 Å². The van der Waals surface area contributed by atoms with Crippen molar-refractivity contribution in [1.29, 1.82) is 0 Å². The molecule has 1 aromatic rings. The van der Waals surface area contributed by atoms with Crippen LogP contribution in [0.5, 0.6) is 5.75 Å². The molecule has 0 heterocycles. The number of anilines is 1. The third kappa shape index (κ3) is 6.75. The van der Waals surface area contributed by atoms with Gasteiger partial charge in [-0.3, -0.25) is 4.79 Å². The van der Waals surface area contributed by atoms with Gasteiger partial charge in [0, 0.05) is 17.3 Å². The minimum absolute atomic E-state index is 0.135. The van der Waals surface area contributed by atoms with Gasteiger partial charge in [0.1, 0.15) is 5.75 Å². The molecule has 0 aromatic heterocycles. The summed E-state index contributed by atoms with van der Waals surface area (Å²) in [5.74, 6) is -0.821. The Hall–Kier alpha value is -2.08. The number of amides is 1. The zero-order valence-electron chi connectivity index (χ0n) is 11.9. The van der Waals surface area contributed by atoms with Gasteiger partial charge in [-0.15, -0.1) is 0 Å². The maximum atomic E-state index is 11.7. The zero-order valence-corrected chi connectivity index (χ0v) is 11.9. The van der Waals surface area contributed by atoms with Gasteiger partial charge in [0.25, 0.3) is 0 Å². The summed E-state index contributed by atoms with van der Waals surface area (Å²) in [5, 5.41) is 14.3. The molecule has 20 heavy (non-hydrogen) atoms. The molecule has 0 saturated carbocycles. The Kier molecular flexibility index (Phi) is 5.52. The number of ether oxygens (including phenoxy) is 1. The van der Waals surface area contributed by atoms with Crippen LogP contribution in [0.1, 0.15) is 20.8 Å². The van der Waals surface area contributed by atoms with Crippen molar-refractivity contribution < 1.29 is 19.4 Å². The molecule has 0 aliphatic rings. The van der Waals surface area contributed by atoms with Crippen molar-refractivity contribution in [3.05, 3.63) is 24.3 Å². The van der Waals surface area contributed by atoms with Crippen molar-refractivity contribution in [1.82, 2.24) is 5.32 Å². The molecule has 110 valence electrons. The third-order valence-corrected chi connectivity index (χ3v) is 2.26. The molecule has 0 saturated heterocycles. The number of carboxylic acids is 1. The fourth-order valence-corrected chi connectivity index (χ4v) is 1.36. The van der Waals surface area contributed by atoms with Gasteiger partial charge >= 0.3 is 5.97 Å². The molecule has 6 nitrogen and oxygen atoms in total. The smallest absolute Gasteiger partial charge is 0.341 e. The molecule has 1 aromatic carbocycles. The van der Waals surface area contributed by atoms with Crippen molar-refractivity contribution in [3.8, 4) is 5.75 Å². The Balaban J connectivity index is 2.53. The third-order valence-electron chi connectivity index (χ3n) is 2.26.